The van der Waals surface area contributed by atoms with Crippen LogP contribution in [0.3, 0.4) is 0 Å². The molecule has 2 aliphatic heterocycles. The van der Waals surface area contributed by atoms with Crippen molar-refractivity contribution in [3.05, 3.63) is 85.1 Å². The Balaban J connectivity index is 2.24. The summed E-state index contributed by atoms with van der Waals surface area (Å²) >= 11 is 0. The molecule has 0 bridgehead atoms. The zero-order valence-electron chi connectivity index (χ0n) is 36.0. The van der Waals surface area contributed by atoms with Crippen molar-refractivity contribution in [2.75, 3.05) is 6.61 Å². The Labute approximate surface area is 368 Å². The van der Waals surface area contributed by atoms with Gasteiger partial charge in [0, 0.05) is 43.5 Å². The standard InChI is InChI=1S/C45H71NO17/c1-28-15-13-11-9-7-5-3-4-6-8-10-12-14-16-33(63-44-42(56)41(46)39(54)27-61-44)18-19-34(43(57)58)38(53)26-45(59,60)25-32(49)23-37(52)35(50)20-17-30(47)22-31(48)24-40(55)62-29(2)21-36(28)51/h3-16,28-39,41-42,44,47-54,56,59-60H,17-27,46H2,1-2H3,(H,57,58)/p-1/b4-3+,7-5+,8-6+,11-9+,12-10+,15-13+,16-14+/t28-,29-,30?,31?,32?,33?,34-,35?,36-,37+,38-,39+,41-,42-,44?/m0/s1. The number of carbonyl (C=O) groups is 2. The summed E-state index contributed by atoms with van der Waals surface area (Å²) < 4.78 is 16.6. The SMILES string of the molecule is C[C@H]1C[C@H](O)[C@@H](C)/C=C/C=C/C=C/C=C/C=C/C=C/C=C/C(OC2OC[C@@H](O)[C@H](N)[C@@H]2O)CC[C@H](C(=O)[O-])[C@@H](O)CC(O)(O)CC(O)C[C@@H](O)C(O)CCC(O)CC(O)CC(=O)O1. The maximum atomic E-state index is 12.4. The minimum Gasteiger partial charge on any atom is -0.550 e. The van der Waals surface area contributed by atoms with Gasteiger partial charge in [0.1, 0.15) is 12.2 Å². The van der Waals surface area contributed by atoms with Crippen LogP contribution in [0.2, 0.25) is 0 Å². The maximum Gasteiger partial charge on any atom is 0.308 e. The smallest absolute Gasteiger partial charge is 0.308 e. The van der Waals surface area contributed by atoms with Crippen molar-refractivity contribution in [3.8, 4) is 0 Å². The molecule has 0 aromatic carbocycles. The molecule has 0 aromatic rings. The Morgan fingerprint density at radius 3 is 1.83 bits per heavy atom. The minimum absolute atomic E-state index is 0.114. The van der Waals surface area contributed by atoms with Gasteiger partial charge in [-0.3, -0.25) is 4.79 Å². The minimum atomic E-state index is -2.85. The van der Waals surface area contributed by atoms with Gasteiger partial charge in [0.25, 0.3) is 0 Å². The number of ether oxygens (including phenoxy) is 3. The molecule has 2 rings (SSSR count). The Bertz CT molecular complexity index is 1540. The average Bonchev–Trinajstić information content (AvgIpc) is 3.18. The molecular formula is C45H70NO17-. The lowest BCUT2D eigenvalue weighted by atomic mass is 9.88. The normalized spacial score (nSPS) is 41.0. The number of esters is 1. The number of carbonyl (C=O) groups excluding carboxylic acids is 2. The third-order valence-corrected chi connectivity index (χ3v) is 10.7. The lowest BCUT2D eigenvalue weighted by molar-refractivity contribution is -0.316. The summed E-state index contributed by atoms with van der Waals surface area (Å²) in [6.45, 7) is 3.18. The number of allylic oxidation sites excluding steroid dienone is 12. The highest BCUT2D eigenvalue weighted by Gasteiger charge is 2.39. The molecule has 358 valence electrons. The topological polar surface area (TPSA) is 333 Å². The van der Waals surface area contributed by atoms with Gasteiger partial charge >= 0.3 is 5.97 Å². The molecule has 0 aromatic heterocycles. The van der Waals surface area contributed by atoms with Crippen molar-refractivity contribution in [2.45, 2.75) is 163 Å². The predicted molar refractivity (Wildman–Crippen MR) is 227 cm³/mol. The molecule has 1 fully saturated rings. The molecular weight excluding hydrogens is 826 g/mol. The molecule has 0 amide bonds. The lowest BCUT2D eigenvalue weighted by Gasteiger charge is -2.37. The van der Waals surface area contributed by atoms with Crippen molar-refractivity contribution >= 4 is 11.9 Å². The molecule has 18 heteroatoms. The van der Waals surface area contributed by atoms with Gasteiger partial charge in [0.05, 0.1) is 74.0 Å². The second kappa shape index (κ2) is 29.2. The second-order valence-electron chi connectivity index (χ2n) is 16.5. The first-order valence-corrected chi connectivity index (χ1v) is 21.4. The third kappa shape index (κ3) is 22.8. The summed E-state index contributed by atoms with van der Waals surface area (Å²) in [6, 6.07) is -1.09. The Hall–Kier alpha value is -3.44. The first kappa shape index (κ1) is 55.7. The molecule has 1 saturated heterocycles. The van der Waals surface area contributed by atoms with Crippen molar-refractivity contribution in [1.29, 1.82) is 0 Å². The van der Waals surface area contributed by atoms with E-state index in [1.54, 1.807) is 85.9 Å². The van der Waals surface area contributed by atoms with Crippen LogP contribution in [-0.4, -0.2) is 160 Å². The molecule has 63 heavy (non-hydrogen) atoms. The fourth-order valence-electron chi connectivity index (χ4n) is 6.92. The fraction of sp³-hybridized carbons (Fsp3) is 0.644. The second-order valence-corrected chi connectivity index (χ2v) is 16.5. The summed E-state index contributed by atoms with van der Waals surface area (Å²) in [4.78, 5) is 24.6. The van der Waals surface area contributed by atoms with E-state index in [0.717, 1.165) is 0 Å². The van der Waals surface area contributed by atoms with Crippen molar-refractivity contribution in [3.63, 3.8) is 0 Å². The number of nitrogens with two attached hydrogens (primary N) is 1. The molecule has 2 heterocycles. The van der Waals surface area contributed by atoms with E-state index < -0.39 is 129 Å². The van der Waals surface area contributed by atoms with Crippen LogP contribution < -0.4 is 10.8 Å². The van der Waals surface area contributed by atoms with Crippen LogP contribution in [0.4, 0.5) is 0 Å². The number of aliphatic hydroxyl groups is 11. The molecule has 0 radical (unpaired) electrons. The Morgan fingerprint density at radius 2 is 1.24 bits per heavy atom. The molecule has 2 aliphatic rings. The van der Waals surface area contributed by atoms with Crippen molar-refractivity contribution < 1.29 is 85.1 Å². The van der Waals surface area contributed by atoms with E-state index in [-0.39, 0.29) is 51.0 Å². The molecule has 0 saturated carbocycles. The summed E-state index contributed by atoms with van der Waals surface area (Å²) in [5.41, 5.74) is 5.87. The summed E-state index contributed by atoms with van der Waals surface area (Å²) in [6.07, 6.45) is 5.00. The van der Waals surface area contributed by atoms with E-state index in [2.05, 4.69) is 0 Å². The summed E-state index contributed by atoms with van der Waals surface area (Å²) in [5, 5.41) is 128. The van der Waals surface area contributed by atoms with E-state index in [0.29, 0.717) is 0 Å². The highest BCUT2D eigenvalue weighted by atomic mass is 16.7. The largest absolute Gasteiger partial charge is 0.550 e. The van der Waals surface area contributed by atoms with Crippen LogP contribution in [0.5, 0.6) is 0 Å². The summed E-state index contributed by atoms with van der Waals surface area (Å²) in [5.74, 6) is -7.26. The van der Waals surface area contributed by atoms with Crippen LogP contribution in [-0.2, 0) is 23.8 Å². The summed E-state index contributed by atoms with van der Waals surface area (Å²) in [7, 11) is 0. The number of hydrogen-bond donors (Lipinski definition) is 12. The van der Waals surface area contributed by atoms with Gasteiger partial charge in [0.2, 0.25) is 0 Å². The molecule has 6 unspecified atom stereocenters. The van der Waals surface area contributed by atoms with Crippen molar-refractivity contribution in [2.24, 2.45) is 17.6 Å². The van der Waals surface area contributed by atoms with Crippen LogP contribution in [0, 0.1) is 11.8 Å². The van der Waals surface area contributed by atoms with Gasteiger partial charge in [-0.2, -0.15) is 0 Å². The van der Waals surface area contributed by atoms with E-state index in [4.69, 9.17) is 19.9 Å². The van der Waals surface area contributed by atoms with Gasteiger partial charge in [-0.1, -0.05) is 92.0 Å². The first-order valence-electron chi connectivity index (χ1n) is 21.4. The van der Waals surface area contributed by atoms with Gasteiger partial charge in [-0.15, -0.1) is 0 Å². The monoisotopic (exact) mass is 896 g/mol. The van der Waals surface area contributed by atoms with Gasteiger partial charge < -0.3 is 86.0 Å². The van der Waals surface area contributed by atoms with Crippen molar-refractivity contribution in [1.82, 2.24) is 0 Å². The quantitative estimate of drug-likeness (QED) is 0.116. The van der Waals surface area contributed by atoms with Crippen LogP contribution >= 0.6 is 0 Å². The lowest BCUT2D eigenvalue weighted by Crippen LogP contribution is -2.58. The number of rotatable bonds is 3. The van der Waals surface area contributed by atoms with E-state index in [1.165, 1.54) is 6.08 Å². The van der Waals surface area contributed by atoms with Gasteiger partial charge in [-0.05, 0) is 39.0 Å². The molecule has 18 nitrogen and oxygen atoms in total. The maximum absolute atomic E-state index is 12.4. The van der Waals surface area contributed by atoms with Crippen LogP contribution in [0.15, 0.2) is 85.1 Å². The van der Waals surface area contributed by atoms with Gasteiger partial charge in [-0.25, -0.2) is 0 Å². The number of carboxylic acid groups (broad SMARTS) is 1. The average molecular weight is 897 g/mol. The Morgan fingerprint density at radius 1 is 0.667 bits per heavy atom. The number of cyclic esters (lactones) is 1. The van der Waals surface area contributed by atoms with Gasteiger partial charge in [0.15, 0.2) is 12.1 Å². The van der Waals surface area contributed by atoms with Crippen LogP contribution in [0.1, 0.15) is 78.1 Å². The molecule has 15 atom stereocenters. The van der Waals surface area contributed by atoms with E-state index in [9.17, 15) is 70.9 Å². The Kier molecular flexibility index (Phi) is 25.8. The number of aliphatic carboxylic acids is 1. The zero-order chi connectivity index (χ0) is 47.1. The predicted octanol–water partition coefficient (Wildman–Crippen LogP) is -1.27. The van der Waals surface area contributed by atoms with E-state index in [1.807, 2.05) is 6.92 Å². The first-order chi connectivity index (χ1) is 29.7. The molecule has 13 N–H and O–H groups in total. The highest BCUT2D eigenvalue weighted by molar-refractivity contribution is 5.70. The third-order valence-electron chi connectivity index (χ3n) is 10.7. The van der Waals surface area contributed by atoms with Crippen LogP contribution in [0.25, 0.3) is 0 Å². The fourth-order valence-corrected chi connectivity index (χ4v) is 6.92. The highest BCUT2D eigenvalue weighted by Crippen LogP contribution is 2.27. The number of hydrogen-bond acceptors (Lipinski definition) is 18. The molecule has 0 spiro atoms. The zero-order valence-corrected chi connectivity index (χ0v) is 36.0. The van der Waals surface area contributed by atoms with E-state index >= 15 is 0 Å². The number of aliphatic hydroxyl groups excluding tert-OH is 9. The number of carboxylic acids is 1. The molecule has 0 aliphatic carbocycles.